The number of halogens is 1. The molecule has 2 rings (SSSR count). The first-order valence-electron chi connectivity index (χ1n) is 6.93. The minimum Gasteiger partial charge on any atom is -0.332 e. The van der Waals surface area contributed by atoms with E-state index in [-0.39, 0.29) is 17.8 Å². The van der Waals surface area contributed by atoms with Crippen LogP contribution in [-0.4, -0.2) is 35.2 Å². The summed E-state index contributed by atoms with van der Waals surface area (Å²) < 4.78 is 0.714. The largest absolute Gasteiger partial charge is 0.332 e. The fraction of sp³-hybridized carbons (Fsp3) is 0.125. The molecule has 0 bridgehead atoms. The topological polar surface area (TPSA) is 92.6 Å². The van der Waals surface area contributed by atoms with E-state index in [1.54, 1.807) is 18.2 Å². The number of nitro groups is 1. The third-order valence-electron chi connectivity index (χ3n) is 3.21. The van der Waals surface area contributed by atoms with Gasteiger partial charge in [0.1, 0.15) is 5.56 Å². The summed E-state index contributed by atoms with van der Waals surface area (Å²) in [7, 11) is 1.42. The number of anilines is 1. The van der Waals surface area contributed by atoms with Gasteiger partial charge in [-0.25, -0.2) is 0 Å². The van der Waals surface area contributed by atoms with E-state index < -0.39 is 16.7 Å². The molecule has 0 fully saturated rings. The van der Waals surface area contributed by atoms with E-state index >= 15 is 0 Å². The van der Waals surface area contributed by atoms with E-state index in [1.807, 2.05) is 6.07 Å². The lowest BCUT2D eigenvalue weighted by atomic mass is 10.1. The van der Waals surface area contributed by atoms with Crippen LogP contribution in [0.3, 0.4) is 0 Å². The van der Waals surface area contributed by atoms with Crippen molar-refractivity contribution in [3.63, 3.8) is 0 Å². The number of hydrogen-bond acceptors (Lipinski definition) is 4. The highest BCUT2D eigenvalue weighted by atomic mass is 79.9. The predicted octanol–water partition coefficient (Wildman–Crippen LogP) is 3.07. The highest BCUT2D eigenvalue weighted by Gasteiger charge is 2.23. The van der Waals surface area contributed by atoms with Gasteiger partial charge in [-0.05, 0) is 34.1 Å². The van der Waals surface area contributed by atoms with Gasteiger partial charge in [0.05, 0.1) is 17.2 Å². The van der Waals surface area contributed by atoms with E-state index in [0.717, 1.165) is 4.90 Å². The van der Waals surface area contributed by atoms with Gasteiger partial charge in [0, 0.05) is 17.6 Å². The molecule has 0 aliphatic carbocycles. The Morgan fingerprint density at radius 3 is 2.46 bits per heavy atom. The molecule has 7 nitrogen and oxygen atoms in total. The average molecular weight is 392 g/mol. The summed E-state index contributed by atoms with van der Waals surface area (Å²) in [5.41, 5.74) is 0.230. The fourth-order valence-corrected chi connectivity index (χ4v) is 2.44. The second-order valence-corrected chi connectivity index (χ2v) is 5.82. The van der Waals surface area contributed by atoms with E-state index in [1.165, 1.54) is 31.3 Å². The number of nitro benzene ring substituents is 1. The molecule has 0 radical (unpaired) electrons. The van der Waals surface area contributed by atoms with Crippen LogP contribution >= 0.6 is 15.9 Å². The van der Waals surface area contributed by atoms with Crippen molar-refractivity contribution in [3.8, 4) is 0 Å². The Morgan fingerprint density at radius 2 is 1.79 bits per heavy atom. The number of hydrogen-bond donors (Lipinski definition) is 1. The van der Waals surface area contributed by atoms with Crippen LogP contribution < -0.4 is 5.32 Å². The molecule has 0 aliphatic rings. The van der Waals surface area contributed by atoms with Crippen molar-refractivity contribution in [2.24, 2.45) is 0 Å². The Balaban J connectivity index is 2.08. The van der Waals surface area contributed by atoms with Gasteiger partial charge in [0.2, 0.25) is 5.91 Å². The Hall–Kier alpha value is -2.74. The first-order chi connectivity index (χ1) is 11.4. The summed E-state index contributed by atoms with van der Waals surface area (Å²) in [6.07, 6.45) is 0. The average Bonchev–Trinajstić information content (AvgIpc) is 2.56. The maximum Gasteiger partial charge on any atom is 0.282 e. The van der Waals surface area contributed by atoms with Crippen molar-refractivity contribution in [2.45, 2.75) is 0 Å². The van der Waals surface area contributed by atoms with Crippen LogP contribution in [0.25, 0.3) is 0 Å². The summed E-state index contributed by atoms with van der Waals surface area (Å²) >= 11 is 3.31. The van der Waals surface area contributed by atoms with Crippen LogP contribution in [0.4, 0.5) is 11.4 Å². The first kappa shape index (κ1) is 17.6. The highest BCUT2D eigenvalue weighted by molar-refractivity contribution is 9.10. The van der Waals surface area contributed by atoms with E-state index in [4.69, 9.17) is 0 Å². The maximum atomic E-state index is 12.4. The van der Waals surface area contributed by atoms with Crippen molar-refractivity contribution in [1.82, 2.24) is 4.90 Å². The summed E-state index contributed by atoms with van der Waals surface area (Å²) in [5, 5.41) is 13.7. The van der Waals surface area contributed by atoms with Crippen molar-refractivity contribution in [2.75, 3.05) is 18.9 Å². The summed E-state index contributed by atoms with van der Waals surface area (Å²) in [4.78, 5) is 35.9. The van der Waals surface area contributed by atoms with Gasteiger partial charge < -0.3 is 10.2 Å². The minimum absolute atomic E-state index is 0.0568. The molecule has 0 heterocycles. The maximum absolute atomic E-state index is 12.4. The smallest absolute Gasteiger partial charge is 0.282 e. The zero-order valence-electron chi connectivity index (χ0n) is 12.7. The predicted molar refractivity (Wildman–Crippen MR) is 92.8 cm³/mol. The molecule has 0 saturated heterocycles. The van der Waals surface area contributed by atoms with Gasteiger partial charge in [-0.3, -0.25) is 19.7 Å². The number of benzene rings is 2. The van der Waals surface area contributed by atoms with E-state index in [2.05, 4.69) is 21.2 Å². The van der Waals surface area contributed by atoms with Crippen LogP contribution in [0.1, 0.15) is 10.4 Å². The number of nitrogens with one attached hydrogen (secondary N) is 1. The second kappa shape index (κ2) is 7.69. The van der Waals surface area contributed by atoms with E-state index in [0.29, 0.717) is 10.2 Å². The Kier molecular flexibility index (Phi) is 5.64. The Morgan fingerprint density at radius 1 is 1.17 bits per heavy atom. The number of carbonyl (C=O) groups excluding carboxylic acids is 2. The number of para-hydroxylation sites is 2. The quantitative estimate of drug-likeness (QED) is 0.625. The molecule has 2 amide bonds. The molecule has 0 atom stereocenters. The van der Waals surface area contributed by atoms with Gasteiger partial charge in [-0.2, -0.15) is 0 Å². The third-order valence-corrected chi connectivity index (χ3v) is 3.90. The summed E-state index contributed by atoms with van der Waals surface area (Å²) in [6.45, 7) is -0.230. The van der Waals surface area contributed by atoms with E-state index in [9.17, 15) is 19.7 Å². The minimum atomic E-state index is -0.623. The number of carbonyl (C=O) groups is 2. The number of nitrogens with zero attached hydrogens (tertiary/aromatic N) is 2. The normalized spacial score (nSPS) is 10.1. The molecule has 8 heteroatoms. The Bertz CT molecular complexity index is 794. The summed E-state index contributed by atoms with van der Waals surface area (Å²) in [6, 6.07) is 12.7. The number of likely N-dealkylation sites (N-methyl/N-ethyl adjacent to an activating group) is 1. The van der Waals surface area contributed by atoms with Crippen molar-refractivity contribution >= 4 is 39.1 Å². The standard InChI is InChI=1S/C16H14BrN3O4/c1-19(10-15(21)18-13-8-4-3-7-12(13)17)16(22)11-6-2-5-9-14(11)20(23)24/h2-9H,10H2,1H3,(H,18,21). The lowest BCUT2D eigenvalue weighted by Crippen LogP contribution is -2.35. The van der Waals surface area contributed by atoms with Gasteiger partial charge in [0.25, 0.3) is 11.6 Å². The molecule has 0 aliphatic heterocycles. The monoisotopic (exact) mass is 391 g/mol. The molecule has 0 aromatic heterocycles. The van der Waals surface area contributed by atoms with Crippen LogP contribution in [0.5, 0.6) is 0 Å². The molecule has 124 valence electrons. The lowest BCUT2D eigenvalue weighted by Gasteiger charge is -2.17. The van der Waals surface area contributed by atoms with Crippen molar-refractivity contribution in [3.05, 3.63) is 68.7 Å². The van der Waals surface area contributed by atoms with Gasteiger partial charge in [-0.15, -0.1) is 0 Å². The zero-order valence-corrected chi connectivity index (χ0v) is 14.3. The SMILES string of the molecule is CN(CC(=O)Nc1ccccc1Br)C(=O)c1ccccc1[N+](=O)[O-]. The van der Waals surface area contributed by atoms with Crippen LogP contribution in [0.2, 0.25) is 0 Å². The molecule has 2 aromatic carbocycles. The molecule has 2 aromatic rings. The molecular formula is C16H14BrN3O4. The van der Waals surface area contributed by atoms with Crippen LogP contribution in [0.15, 0.2) is 53.0 Å². The highest BCUT2D eigenvalue weighted by Crippen LogP contribution is 2.21. The molecule has 0 spiro atoms. The van der Waals surface area contributed by atoms with Gasteiger partial charge in [-0.1, -0.05) is 24.3 Å². The molecule has 0 saturated carbocycles. The number of rotatable bonds is 5. The van der Waals surface area contributed by atoms with Gasteiger partial charge in [0.15, 0.2) is 0 Å². The summed E-state index contributed by atoms with van der Waals surface area (Å²) in [5.74, 6) is -0.999. The first-order valence-corrected chi connectivity index (χ1v) is 7.72. The molecule has 24 heavy (non-hydrogen) atoms. The molecular weight excluding hydrogens is 378 g/mol. The fourth-order valence-electron chi connectivity index (χ4n) is 2.06. The molecule has 0 unspecified atom stereocenters. The molecule has 1 N–H and O–H groups in total. The zero-order chi connectivity index (χ0) is 17.7. The van der Waals surface area contributed by atoms with Crippen molar-refractivity contribution < 1.29 is 14.5 Å². The number of amides is 2. The Labute approximate surface area is 146 Å². The van der Waals surface area contributed by atoms with Crippen LogP contribution in [-0.2, 0) is 4.79 Å². The lowest BCUT2D eigenvalue weighted by molar-refractivity contribution is -0.385. The van der Waals surface area contributed by atoms with Crippen LogP contribution in [0, 0.1) is 10.1 Å². The second-order valence-electron chi connectivity index (χ2n) is 4.96. The van der Waals surface area contributed by atoms with Crippen molar-refractivity contribution in [1.29, 1.82) is 0 Å². The van der Waals surface area contributed by atoms with Gasteiger partial charge >= 0.3 is 0 Å². The third kappa shape index (κ3) is 4.17.